The largest absolute Gasteiger partial charge is 0.497 e. The van der Waals surface area contributed by atoms with Crippen LogP contribution in [0.15, 0.2) is 54.6 Å². The van der Waals surface area contributed by atoms with E-state index in [1.165, 1.54) is 12.1 Å². The van der Waals surface area contributed by atoms with Crippen LogP contribution in [0.1, 0.15) is 5.56 Å². The van der Waals surface area contributed by atoms with E-state index in [1.54, 1.807) is 30.2 Å². The Hall–Kier alpha value is -3.35. The van der Waals surface area contributed by atoms with Crippen LogP contribution in [0.3, 0.4) is 0 Å². The van der Waals surface area contributed by atoms with E-state index in [0.717, 1.165) is 17.5 Å². The number of rotatable bonds is 6. The number of esters is 1. The fourth-order valence-electron chi connectivity index (χ4n) is 3.05. The summed E-state index contributed by atoms with van der Waals surface area (Å²) in [6.45, 7) is 2.16. The van der Waals surface area contributed by atoms with Gasteiger partial charge in [0, 0.05) is 43.5 Å². The average molecular weight is 398 g/mol. The fraction of sp³-hybridized carbons (Fsp3) is 0.273. The van der Waals surface area contributed by atoms with Crippen molar-refractivity contribution in [2.45, 2.75) is 0 Å². The molecule has 1 fully saturated rings. The summed E-state index contributed by atoms with van der Waals surface area (Å²) in [4.78, 5) is 27.9. The Morgan fingerprint density at radius 1 is 1.03 bits per heavy atom. The summed E-state index contributed by atoms with van der Waals surface area (Å²) in [5.41, 5.74) is 1.35. The van der Waals surface area contributed by atoms with Gasteiger partial charge in [0.1, 0.15) is 11.6 Å². The van der Waals surface area contributed by atoms with Crippen molar-refractivity contribution in [3.63, 3.8) is 0 Å². The molecule has 0 aliphatic carbocycles. The minimum atomic E-state index is -0.682. The van der Waals surface area contributed by atoms with Gasteiger partial charge >= 0.3 is 5.97 Å². The lowest BCUT2D eigenvalue weighted by Crippen LogP contribution is -2.49. The van der Waals surface area contributed by atoms with Crippen LogP contribution in [0.25, 0.3) is 6.08 Å². The van der Waals surface area contributed by atoms with Gasteiger partial charge in [-0.3, -0.25) is 4.79 Å². The van der Waals surface area contributed by atoms with Crippen LogP contribution in [-0.2, 0) is 14.3 Å². The molecule has 1 heterocycles. The SMILES string of the molecule is COc1ccc(N2CCN(C(=O)COC(=O)/C=C/c3ccccc3F)CC2)cc1. The number of carbonyl (C=O) groups excluding carboxylic acids is 2. The lowest BCUT2D eigenvalue weighted by molar-refractivity contribution is -0.148. The second kappa shape index (κ2) is 9.73. The van der Waals surface area contributed by atoms with Crippen LogP contribution in [0, 0.1) is 5.82 Å². The molecule has 7 heteroatoms. The van der Waals surface area contributed by atoms with Crippen LogP contribution < -0.4 is 9.64 Å². The van der Waals surface area contributed by atoms with Gasteiger partial charge in [0.2, 0.25) is 0 Å². The predicted molar refractivity (Wildman–Crippen MR) is 108 cm³/mol. The smallest absolute Gasteiger partial charge is 0.331 e. The Kier molecular flexibility index (Phi) is 6.84. The standard InChI is InChI=1S/C22H23FN2O4/c1-28-19-9-7-18(8-10-19)24-12-14-25(15-13-24)21(26)16-29-22(27)11-6-17-4-2-3-5-20(17)23/h2-11H,12-16H2,1H3/b11-6+. The molecule has 1 saturated heterocycles. The molecule has 0 bridgehead atoms. The highest BCUT2D eigenvalue weighted by Crippen LogP contribution is 2.20. The van der Waals surface area contributed by atoms with Gasteiger partial charge in [0.15, 0.2) is 6.61 Å². The number of amides is 1. The number of piperazine rings is 1. The lowest BCUT2D eigenvalue weighted by Gasteiger charge is -2.36. The molecule has 1 amide bonds. The van der Waals surface area contributed by atoms with Crippen molar-refractivity contribution in [3.8, 4) is 5.75 Å². The average Bonchev–Trinajstić information content (AvgIpc) is 2.77. The Morgan fingerprint density at radius 2 is 1.72 bits per heavy atom. The maximum Gasteiger partial charge on any atom is 0.331 e. The molecule has 29 heavy (non-hydrogen) atoms. The van der Waals surface area contributed by atoms with Crippen molar-refractivity contribution in [2.24, 2.45) is 0 Å². The van der Waals surface area contributed by atoms with Gasteiger partial charge in [-0.2, -0.15) is 0 Å². The summed E-state index contributed by atoms with van der Waals surface area (Å²) in [5.74, 6) is -0.554. The summed E-state index contributed by atoms with van der Waals surface area (Å²) in [5, 5.41) is 0. The third kappa shape index (κ3) is 5.57. The minimum Gasteiger partial charge on any atom is -0.497 e. The number of methoxy groups -OCH3 is 1. The molecule has 152 valence electrons. The zero-order chi connectivity index (χ0) is 20.6. The first-order valence-electron chi connectivity index (χ1n) is 9.33. The molecule has 0 radical (unpaired) electrons. The van der Waals surface area contributed by atoms with E-state index < -0.39 is 11.8 Å². The summed E-state index contributed by atoms with van der Waals surface area (Å²) in [7, 11) is 1.63. The molecular formula is C22H23FN2O4. The van der Waals surface area contributed by atoms with Crippen LogP contribution in [0.2, 0.25) is 0 Å². The zero-order valence-corrected chi connectivity index (χ0v) is 16.2. The number of benzene rings is 2. The van der Waals surface area contributed by atoms with Crippen LogP contribution in [0.4, 0.5) is 10.1 Å². The Bertz CT molecular complexity index is 875. The topological polar surface area (TPSA) is 59.1 Å². The van der Waals surface area contributed by atoms with Crippen molar-refractivity contribution in [2.75, 3.05) is 44.8 Å². The zero-order valence-electron chi connectivity index (χ0n) is 16.2. The van der Waals surface area contributed by atoms with E-state index >= 15 is 0 Å². The number of hydrogen-bond donors (Lipinski definition) is 0. The molecule has 2 aromatic rings. The first-order valence-corrected chi connectivity index (χ1v) is 9.33. The molecule has 0 spiro atoms. The molecule has 0 N–H and O–H groups in total. The Balaban J connectivity index is 1.43. The minimum absolute atomic E-state index is 0.243. The third-order valence-corrected chi connectivity index (χ3v) is 4.71. The maximum atomic E-state index is 13.5. The fourth-order valence-corrected chi connectivity index (χ4v) is 3.05. The molecule has 0 unspecified atom stereocenters. The molecular weight excluding hydrogens is 375 g/mol. The summed E-state index contributed by atoms with van der Waals surface area (Å²) >= 11 is 0. The summed E-state index contributed by atoms with van der Waals surface area (Å²) < 4.78 is 23.7. The van der Waals surface area contributed by atoms with Gasteiger partial charge in [-0.15, -0.1) is 0 Å². The summed E-state index contributed by atoms with van der Waals surface area (Å²) in [6, 6.07) is 13.9. The van der Waals surface area contributed by atoms with Crippen LogP contribution >= 0.6 is 0 Å². The van der Waals surface area contributed by atoms with E-state index in [0.29, 0.717) is 26.2 Å². The Labute approximate surface area is 169 Å². The van der Waals surface area contributed by atoms with Gasteiger partial charge in [0.05, 0.1) is 7.11 Å². The van der Waals surface area contributed by atoms with E-state index in [9.17, 15) is 14.0 Å². The quantitative estimate of drug-likeness (QED) is 0.553. The Morgan fingerprint density at radius 3 is 2.38 bits per heavy atom. The van der Waals surface area contributed by atoms with Crippen molar-refractivity contribution in [1.29, 1.82) is 0 Å². The predicted octanol–water partition coefficient (Wildman–Crippen LogP) is 2.74. The number of halogens is 1. The first kappa shape index (κ1) is 20.4. The van der Waals surface area contributed by atoms with Crippen molar-refractivity contribution in [1.82, 2.24) is 4.90 Å². The molecule has 1 aliphatic heterocycles. The third-order valence-electron chi connectivity index (χ3n) is 4.71. The van der Waals surface area contributed by atoms with Gasteiger partial charge in [-0.1, -0.05) is 18.2 Å². The molecule has 6 nitrogen and oxygen atoms in total. The van der Waals surface area contributed by atoms with Crippen molar-refractivity contribution in [3.05, 3.63) is 66.0 Å². The lowest BCUT2D eigenvalue weighted by atomic mass is 10.2. The number of ether oxygens (including phenoxy) is 2. The molecule has 2 aromatic carbocycles. The maximum absolute atomic E-state index is 13.5. The number of carbonyl (C=O) groups is 2. The van der Waals surface area contributed by atoms with E-state index in [4.69, 9.17) is 9.47 Å². The highest BCUT2D eigenvalue weighted by atomic mass is 19.1. The number of nitrogens with zero attached hydrogens (tertiary/aromatic N) is 2. The van der Waals surface area contributed by atoms with Crippen LogP contribution in [0.5, 0.6) is 5.75 Å². The first-order chi connectivity index (χ1) is 14.1. The molecule has 1 aliphatic rings. The van der Waals surface area contributed by atoms with E-state index in [2.05, 4.69) is 4.90 Å². The monoisotopic (exact) mass is 398 g/mol. The molecule has 0 atom stereocenters. The number of hydrogen-bond acceptors (Lipinski definition) is 5. The van der Waals surface area contributed by atoms with Gasteiger partial charge in [-0.05, 0) is 36.4 Å². The highest BCUT2D eigenvalue weighted by molar-refractivity contribution is 5.89. The van der Waals surface area contributed by atoms with Crippen LogP contribution in [-0.4, -0.2) is 56.7 Å². The van der Waals surface area contributed by atoms with E-state index in [-0.39, 0.29) is 18.1 Å². The van der Waals surface area contributed by atoms with Crippen molar-refractivity contribution < 1.29 is 23.5 Å². The van der Waals surface area contributed by atoms with Gasteiger partial charge in [-0.25, -0.2) is 9.18 Å². The second-order valence-electron chi connectivity index (χ2n) is 6.53. The number of anilines is 1. The highest BCUT2D eigenvalue weighted by Gasteiger charge is 2.22. The molecule has 3 rings (SSSR count). The second-order valence-corrected chi connectivity index (χ2v) is 6.53. The molecule has 0 saturated carbocycles. The van der Waals surface area contributed by atoms with Gasteiger partial charge in [0.25, 0.3) is 5.91 Å². The van der Waals surface area contributed by atoms with E-state index in [1.807, 2.05) is 24.3 Å². The normalized spacial score (nSPS) is 14.1. The summed E-state index contributed by atoms with van der Waals surface area (Å²) in [6.07, 6.45) is 2.45. The van der Waals surface area contributed by atoms with Crippen molar-refractivity contribution >= 4 is 23.6 Å². The van der Waals surface area contributed by atoms with Gasteiger partial charge < -0.3 is 19.3 Å². The molecule has 0 aromatic heterocycles.